The molecule has 0 unspecified atom stereocenters. The van der Waals surface area contributed by atoms with Crippen molar-refractivity contribution in [2.45, 2.75) is 26.2 Å². The Labute approximate surface area is 123 Å². The van der Waals surface area contributed by atoms with Crippen molar-refractivity contribution in [2.24, 2.45) is 0 Å². The van der Waals surface area contributed by atoms with Crippen LogP contribution in [0, 0.1) is 0 Å². The number of fused-ring (bicyclic) bond motifs is 1. The first kappa shape index (κ1) is 13.4. The molecule has 2 aromatic heterocycles. The maximum Gasteiger partial charge on any atom is 0.223 e. The molecule has 5 heteroatoms. The fourth-order valence-corrected chi connectivity index (χ4v) is 2.13. The summed E-state index contributed by atoms with van der Waals surface area (Å²) in [5.41, 5.74) is 6.38. The molecule has 0 fully saturated rings. The van der Waals surface area contributed by atoms with Crippen molar-refractivity contribution >= 4 is 16.7 Å². The minimum absolute atomic E-state index is 0.198. The van der Waals surface area contributed by atoms with Crippen LogP contribution in [-0.2, 0) is 5.41 Å². The molecule has 21 heavy (non-hydrogen) atoms. The van der Waals surface area contributed by atoms with Crippen LogP contribution in [0.2, 0.25) is 0 Å². The molecule has 2 heterocycles. The lowest BCUT2D eigenvalue weighted by atomic mass is 9.96. The first-order valence-corrected chi connectivity index (χ1v) is 6.81. The maximum atomic E-state index is 5.85. The molecule has 0 saturated carbocycles. The smallest absolute Gasteiger partial charge is 0.223 e. The highest BCUT2D eigenvalue weighted by Gasteiger charge is 2.20. The molecule has 0 atom stereocenters. The summed E-state index contributed by atoms with van der Waals surface area (Å²) in [5.74, 6) is 1.41. The lowest BCUT2D eigenvalue weighted by Gasteiger charge is -2.17. The van der Waals surface area contributed by atoms with Crippen LogP contribution in [0.3, 0.4) is 0 Å². The molecule has 5 nitrogen and oxygen atoms in total. The summed E-state index contributed by atoms with van der Waals surface area (Å²) in [7, 11) is 0. The van der Waals surface area contributed by atoms with Crippen LogP contribution in [0.1, 0.15) is 26.6 Å². The number of nitrogens with zero attached hydrogens (tertiary/aromatic N) is 4. The Bertz CT molecular complexity index is 800. The van der Waals surface area contributed by atoms with Crippen molar-refractivity contribution < 1.29 is 0 Å². The van der Waals surface area contributed by atoms with Crippen LogP contribution in [0.5, 0.6) is 0 Å². The van der Waals surface area contributed by atoms with E-state index in [4.69, 9.17) is 5.73 Å². The molecular weight excluding hydrogens is 262 g/mol. The zero-order valence-corrected chi connectivity index (χ0v) is 12.3. The Morgan fingerprint density at radius 3 is 2.48 bits per heavy atom. The minimum atomic E-state index is -0.198. The van der Waals surface area contributed by atoms with Gasteiger partial charge in [0.15, 0.2) is 5.82 Å². The third-order valence-corrected chi connectivity index (χ3v) is 3.21. The van der Waals surface area contributed by atoms with Gasteiger partial charge in [0.2, 0.25) is 5.95 Å². The summed E-state index contributed by atoms with van der Waals surface area (Å²) in [6, 6.07) is 9.98. The number of rotatable bonds is 1. The molecule has 0 saturated heterocycles. The first-order chi connectivity index (χ1) is 9.95. The average Bonchev–Trinajstić information content (AvgIpc) is 2.45. The fraction of sp³-hybridized carbons (Fsp3) is 0.250. The van der Waals surface area contributed by atoms with E-state index >= 15 is 0 Å². The SMILES string of the molecule is CC(C)(C)c1nc(N)nc(-c2nccc3ccccc23)n1. The third-order valence-electron chi connectivity index (χ3n) is 3.21. The van der Waals surface area contributed by atoms with Gasteiger partial charge in [0, 0.05) is 17.0 Å². The molecular formula is C16H17N5. The van der Waals surface area contributed by atoms with Crippen LogP contribution in [0.25, 0.3) is 22.3 Å². The van der Waals surface area contributed by atoms with E-state index in [1.165, 1.54) is 0 Å². The van der Waals surface area contributed by atoms with Gasteiger partial charge in [-0.3, -0.25) is 4.98 Å². The summed E-state index contributed by atoms with van der Waals surface area (Å²) < 4.78 is 0. The van der Waals surface area contributed by atoms with E-state index in [1.807, 2.05) is 51.1 Å². The first-order valence-electron chi connectivity index (χ1n) is 6.81. The zero-order chi connectivity index (χ0) is 15.0. The Hall–Kier alpha value is -2.56. The number of pyridine rings is 1. The van der Waals surface area contributed by atoms with Gasteiger partial charge in [-0.1, -0.05) is 45.0 Å². The quantitative estimate of drug-likeness (QED) is 0.741. The summed E-state index contributed by atoms with van der Waals surface area (Å²) in [5, 5.41) is 2.10. The van der Waals surface area contributed by atoms with Crippen molar-refractivity contribution in [3.8, 4) is 11.5 Å². The number of nitrogens with two attached hydrogens (primary N) is 1. The van der Waals surface area contributed by atoms with Crippen molar-refractivity contribution in [1.82, 2.24) is 19.9 Å². The molecule has 1 aromatic carbocycles. The van der Waals surface area contributed by atoms with Crippen LogP contribution in [-0.4, -0.2) is 19.9 Å². The zero-order valence-electron chi connectivity index (χ0n) is 12.3. The third kappa shape index (κ3) is 2.54. The maximum absolute atomic E-state index is 5.85. The standard InChI is InChI=1S/C16H17N5/c1-16(2,3)14-19-13(20-15(17)21-14)12-11-7-5-4-6-10(11)8-9-18-12/h4-9H,1-3H3,(H2,17,19,20,21). The monoisotopic (exact) mass is 279 g/mol. The Morgan fingerprint density at radius 1 is 0.952 bits per heavy atom. The van der Waals surface area contributed by atoms with Gasteiger partial charge in [0.05, 0.1) is 0 Å². The second kappa shape index (κ2) is 4.77. The van der Waals surface area contributed by atoms with Gasteiger partial charge < -0.3 is 5.73 Å². The second-order valence-electron chi connectivity index (χ2n) is 5.97. The Balaban J connectivity index is 2.26. The molecule has 3 rings (SSSR count). The average molecular weight is 279 g/mol. The van der Waals surface area contributed by atoms with E-state index in [0.717, 1.165) is 16.5 Å². The molecule has 106 valence electrons. The summed E-state index contributed by atoms with van der Waals surface area (Å²) in [6.07, 6.45) is 1.76. The van der Waals surface area contributed by atoms with E-state index in [2.05, 4.69) is 19.9 Å². The van der Waals surface area contributed by atoms with E-state index in [1.54, 1.807) is 6.20 Å². The van der Waals surface area contributed by atoms with Gasteiger partial charge in [-0.15, -0.1) is 0 Å². The summed E-state index contributed by atoms with van der Waals surface area (Å²) >= 11 is 0. The largest absolute Gasteiger partial charge is 0.368 e. The normalized spacial score (nSPS) is 11.8. The van der Waals surface area contributed by atoms with Gasteiger partial charge in [-0.2, -0.15) is 9.97 Å². The molecule has 0 spiro atoms. The fourth-order valence-electron chi connectivity index (χ4n) is 2.13. The van der Waals surface area contributed by atoms with Crippen LogP contribution in [0.15, 0.2) is 36.5 Å². The van der Waals surface area contributed by atoms with Gasteiger partial charge in [0.1, 0.15) is 11.5 Å². The van der Waals surface area contributed by atoms with Gasteiger partial charge in [-0.05, 0) is 11.5 Å². The van der Waals surface area contributed by atoms with E-state index in [0.29, 0.717) is 11.6 Å². The highest BCUT2D eigenvalue weighted by molar-refractivity contribution is 5.92. The molecule has 2 N–H and O–H groups in total. The Kier molecular flexibility index (Phi) is 3.05. The van der Waals surface area contributed by atoms with Crippen molar-refractivity contribution in [1.29, 1.82) is 0 Å². The topological polar surface area (TPSA) is 77.6 Å². The lowest BCUT2D eigenvalue weighted by Crippen LogP contribution is -2.18. The minimum Gasteiger partial charge on any atom is -0.368 e. The Morgan fingerprint density at radius 2 is 1.71 bits per heavy atom. The number of nitrogen functional groups attached to an aromatic ring is 1. The van der Waals surface area contributed by atoms with E-state index < -0.39 is 0 Å². The molecule has 0 amide bonds. The molecule has 0 bridgehead atoms. The molecule has 0 aliphatic carbocycles. The number of benzene rings is 1. The highest BCUT2D eigenvalue weighted by atomic mass is 15.1. The van der Waals surface area contributed by atoms with Gasteiger partial charge in [-0.25, -0.2) is 4.98 Å². The number of anilines is 1. The lowest BCUT2D eigenvalue weighted by molar-refractivity contribution is 0.544. The van der Waals surface area contributed by atoms with Crippen molar-refractivity contribution in [2.75, 3.05) is 5.73 Å². The predicted molar refractivity (Wildman–Crippen MR) is 83.7 cm³/mol. The number of hydrogen-bond donors (Lipinski definition) is 1. The number of aromatic nitrogens is 4. The van der Waals surface area contributed by atoms with Crippen molar-refractivity contribution in [3.63, 3.8) is 0 Å². The van der Waals surface area contributed by atoms with E-state index in [9.17, 15) is 0 Å². The molecule has 3 aromatic rings. The molecule has 0 aliphatic rings. The van der Waals surface area contributed by atoms with Crippen molar-refractivity contribution in [3.05, 3.63) is 42.4 Å². The summed E-state index contributed by atoms with van der Waals surface area (Å²) in [4.78, 5) is 17.5. The predicted octanol–water partition coefficient (Wildman–Crippen LogP) is 2.97. The highest BCUT2D eigenvalue weighted by Crippen LogP contribution is 2.26. The van der Waals surface area contributed by atoms with Gasteiger partial charge >= 0.3 is 0 Å². The summed E-state index contributed by atoms with van der Waals surface area (Å²) in [6.45, 7) is 6.13. The van der Waals surface area contributed by atoms with Crippen LogP contribution in [0.4, 0.5) is 5.95 Å². The van der Waals surface area contributed by atoms with Crippen LogP contribution < -0.4 is 5.73 Å². The molecule has 0 aliphatic heterocycles. The molecule has 0 radical (unpaired) electrons. The number of hydrogen-bond acceptors (Lipinski definition) is 5. The van der Waals surface area contributed by atoms with E-state index in [-0.39, 0.29) is 11.4 Å². The van der Waals surface area contributed by atoms with Gasteiger partial charge in [0.25, 0.3) is 0 Å². The second-order valence-corrected chi connectivity index (χ2v) is 5.97. The van der Waals surface area contributed by atoms with Crippen LogP contribution >= 0.6 is 0 Å².